The second-order valence-corrected chi connectivity index (χ2v) is 2.41. The van der Waals surface area contributed by atoms with Gasteiger partial charge in [0.25, 0.3) is 0 Å². The van der Waals surface area contributed by atoms with Crippen LogP contribution in [0.25, 0.3) is 0 Å². The second-order valence-electron chi connectivity index (χ2n) is 2.41. The van der Waals surface area contributed by atoms with E-state index >= 15 is 0 Å². The third-order valence-electron chi connectivity index (χ3n) is 1.53. The Kier molecular flexibility index (Phi) is 5.58. The molecule has 0 aromatic heterocycles. The average molecular weight is 147 g/mol. The molecule has 0 saturated carbocycles. The van der Waals surface area contributed by atoms with Crippen molar-refractivity contribution in [1.29, 1.82) is 0 Å². The van der Waals surface area contributed by atoms with Crippen molar-refractivity contribution < 1.29 is 9.84 Å². The number of rotatable bonds is 5. The van der Waals surface area contributed by atoms with Gasteiger partial charge in [0.2, 0.25) is 0 Å². The molecule has 0 fully saturated rings. The van der Waals surface area contributed by atoms with Gasteiger partial charge < -0.3 is 15.2 Å². The number of aliphatic hydroxyl groups excluding tert-OH is 1. The minimum absolute atomic E-state index is 0.449. The fourth-order valence-electron chi connectivity index (χ4n) is 0.530. The molecule has 0 amide bonds. The van der Waals surface area contributed by atoms with Crippen LogP contribution in [-0.4, -0.2) is 31.1 Å². The van der Waals surface area contributed by atoms with Crippen LogP contribution in [0.1, 0.15) is 20.3 Å². The van der Waals surface area contributed by atoms with E-state index in [9.17, 15) is 0 Å². The molecule has 2 N–H and O–H groups in total. The normalized spacial score (nSPS) is 16.8. The molecule has 0 bridgehead atoms. The summed E-state index contributed by atoms with van der Waals surface area (Å²) in [5, 5.41) is 12.0. The van der Waals surface area contributed by atoms with E-state index in [1.165, 1.54) is 7.11 Å². The predicted octanol–water partition coefficient (Wildman–Crippen LogP) is 0.339. The van der Waals surface area contributed by atoms with E-state index in [1.807, 2.05) is 0 Å². The largest absolute Gasteiger partial charge is 0.367 e. The molecule has 0 spiro atoms. The molecular formula is C7H17NO2. The summed E-state index contributed by atoms with van der Waals surface area (Å²) in [6.07, 6.45) is 0.394. The molecule has 0 aliphatic carbocycles. The highest BCUT2D eigenvalue weighted by atomic mass is 16.6. The molecular weight excluding hydrogens is 130 g/mol. The highest BCUT2D eigenvalue weighted by Gasteiger charge is 2.02. The van der Waals surface area contributed by atoms with Crippen LogP contribution < -0.4 is 5.32 Å². The topological polar surface area (TPSA) is 41.5 Å². The molecule has 10 heavy (non-hydrogen) atoms. The lowest BCUT2D eigenvalue weighted by molar-refractivity contribution is -0.0718. The summed E-state index contributed by atoms with van der Waals surface area (Å²) in [5.74, 6) is 0. The Bertz CT molecular complexity index is 68.0. The van der Waals surface area contributed by atoms with E-state index in [-0.39, 0.29) is 0 Å². The van der Waals surface area contributed by atoms with Crippen LogP contribution in [-0.2, 0) is 4.74 Å². The summed E-state index contributed by atoms with van der Waals surface area (Å²) >= 11 is 0. The second kappa shape index (κ2) is 5.65. The molecule has 1 unspecified atom stereocenters. The molecule has 0 aliphatic rings. The quantitative estimate of drug-likeness (QED) is 0.551. The molecule has 3 heteroatoms. The zero-order valence-corrected chi connectivity index (χ0v) is 6.92. The Morgan fingerprint density at radius 3 is 2.60 bits per heavy atom. The fourth-order valence-corrected chi connectivity index (χ4v) is 0.530. The Morgan fingerprint density at radius 1 is 1.60 bits per heavy atom. The molecule has 0 aromatic carbocycles. The Hall–Kier alpha value is -0.120. The van der Waals surface area contributed by atoms with Crippen molar-refractivity contribution in [2.45, 2.75) is 32.6 Å². The number of hydrogen-bond donors (Lipinski definition) is 2. The number of ether oxygens (including phenoxy) is 1. The lowest BCUT2D eigenvalue weighted by Gasteiger charge is -2.13. The van der Waals surface area contributed by atoms with Gasteiger partial charge in [-0.2, -0.15) is 0 Å². The van der Waals surface area contributed by atoms with E-state index in [4.69, 9.17) is 5.11 Å². The molecule has 0 aromatic rings. The first-order chi connectivity index (χ1) is 4.70. The summed E-state index contributed by atoms with van der Waals surface area (Å²) in [4.78, 5) is 0. The average Bonchev–Trinajstić information content (AvgIpc) is 1.99. The molecule has 0 heterocycles. The van der Waals surface area contributed by atoms with Gasteiger partial charge >= 0.3 is 0 Å². The van der Waals surface area contributed by atoms with Gasteiger partial charge in [0, 0.05) is 19.7 Å². The van der Waals surface area contributed by atoms with Crippen LogP contribution in [0, 0.1) is 0 Å². The molecule has 0 aliphatic heterocycles. The van der Waals surface area contributed by atoms with Crippen molar-refractivity contribution in [1.82, 2.24) is 5.32 Å². The maximum absolute atomic E-state index is 8.92. The van der Waals surface area contributed by atoms with Crippen LogP contribution in [0.3, 0.4) is 0 Å². The van der Waals surface area contributed by atoms with Gasteiger partial charge in [-0.25, -0.2) is 0 Å². The maximum atomic E-state index is 8.92. The van der Waals surface area contributed by atoms with Crippen LogP contribution in [0.15, 0.2) is 0 Å². The lowest BCUT2D eigenvalue weighted by atomic mass is 10.2. The highest BCUT2D eigenvalue weighted by molar-refractivity contribution is 4.57. The van der Waals surface area contributed by atoms with Crippen molar-refractivity contribution in [3.05, 3.63) is 0 Å². The number of methoxy groups -OCH3 is 1. The number of nitrogens with one attached hydrogen (secondary N) is 1. The zero-order valence-electron chi connectivity index (χ0n) is 6.92. The molecule has 0 rings (SSSR count). The third kappa shape index (κ3) is 4.73. The van der Waals surface area contributed by atoms with Gasteiger partial charge in [-0.1, -0.05) is 6.92 Å². The summed E-state index contributed by atoms with van der Waals surface area (Å²) < 4.78 is 4.64. The van der Waals surface area contributed by atoms with Crippen LogP contribution >= 0.6 is 0 Å². The van der Waals surface area contributed by atoms with E-state index in [1.54, 1.807) is 0 Å². The van der Waals surface area contributed by atoms with E-state index in [2.05, 4.69) is 23.9 Å². The minimum Gasteiger partial charge on any atom is -0.367 e. The first kappa shape index (κ1) is 9.88. The van der Waals surface area contributed by atoms with Crippen molar-refractivity contribution in [2.24, 2.45) is 0 Å². The summed E-state index contributed by atoms with van der Waals surface area (Å²) in [7, 11) is 1.49. The number of aliphatic hydroxyl groups is 1. The molecule has 62 valence electrons. The van der Waals surface area contributed by atoms with Crippen molar-refractivity contribution in [3.8, 4) is 0 Å². The monoisotopic (exact) mass is 147 g/mol. The number of hydrogen-bond acceptors (Lipinski definition) is 3. The molecule has 0 radical (unpaired) electrons. The lowest BCUT2D eigenvalue weighted by Crippen LogP contribution is -2.34. The van der Waals surface area contributed by atoms with Gasteiger partial charge in [-0.15, -0.1) is 0 Å². The van der Waals surface area contributed by atoms with Crippen LogP contribution in [0.4, 0.5) is 0 Å². The van der Waals surface area contributed by atoms with Crippen molar-refractivity contribution >= 4 is 0 Å². The zero-order chi connectivity index (χ0) is 7.98. The predicted molar refractivity (Wildman–Crippen MR) is 40.8 cm³/mol. The highest BCUT2D eigenvalue weighted by Crippen LogP contribution is 1.88. The first-order valence-electron chi connectivity index (χ1n) is 3.65. The summed E-state index contributed by atoms with van der Waals surface area (Å²) in [6, 6.07) is 0.449. The third-order valence-corrected chi connectivity index (χ3v) is 1.53. The van der Waals surface area contributed by atoms with Gasteiger partial charge in [-0.3, -0.25) is 0 Å². The van der Waals surface area contributed by atoms with Gasteiger partial charge in [0.15, 0.2) is 6.29 Å². The van der Waals surface area contributed by atoms with Crippen LogP contribution in [0.5, 0.6) is 0 Å². The van der Waals surface area contributed by atoms with E-state index < -0.39 is 6.29 Å². The van der Waals surface area contributed by atoms with Crippen molar-refractivity contribution in [2.75, 3.05) is 13.7 Å². The molecule has 2 atom stereocenters. The van der Waals surface area contributed by atoms with E-state index in [0.29, 0.717) is 12.6 Å². The Morgan fingerprint density at radius 2 is 2.20 bits per heavy atom. The van der Waals surface area contributed by atoms with Crippen molar-refractivity contribution in [3.63, 3.8) is 0 Å². The minimum atomic E-state index is -0.672. The molecule has 0 saturated heterocycles. The Labute approximate surface area is 62.4 Å². The standard InChI is InChI=1S/C7H17NO2/c1-4-6(2)8-5-7(9)10-3/h6-9H,4-5H2,1-3H3/t6-,7?/m1/s1. The maximum Gasteiger partial charge on any atom is 0.166 e. The Balaban J connectivity index is 3.17. The smallest absolute Gasteiger partial charge is 0.166 e. The molecule has 3 nitrogen and oxygen atoms in total. The summed E-state index contributed by atoms with van der Waals surface area (Å²) in [6.45, 7) is 4.67. The first-order valence-corrected chi connectivity index (χ1v) is 3.65. The van der Waals surface area contributed by atoms with Gasteiger partial charge in [-0.05, 0) is 13.3 Å². The van der Waals surface area contributed by atoms with Gasteiger partial charge in [0.1, 0.15) is 0 Å². The fraction of sp³-hybridized carbons (Fsp3) is 1.00. The van der Waals surface area contributed by atoms with Crippen LogP contribution in [0.2, 0.25) is 0 Å². The summed E-state index contributed by atoms with van der Waals surface area (Å²) in [5.41, 5.74) is 0. The SMILES string of the molecule is CC[C@@H](C)NCC(O)OC. The van der Waals surface area contributed by atoms with E-state index in [0.717, 1.165) is 6.42 Å². The van der Waals surface area contributed by atoms with Gasteiger partial charge in [0.05, 0.1) is 0 Å².